The predicted molar refractivity (Wildman–Crippen MR) is 189 cm³/mol. The fraction of sp³-hybridized carbons (Fsp3) is 0.0698. The molecule has 214 valence electrons. The van der Waals surface area contributed by atoms with Crippen LogP contribution in [0.1, 0.15) is 25.0 Å². The number of para-hydroxylation sites is 2. The maximum Gasteiger partial charge on any atom is 0.143 e. The van der Waals surface area contributed by atoms with E-state index in [0.29, 0.717) is 0 Å². The molecule has 8 aromatic rings. The number of hydrogen-bond acceptors (Lipinski definition) is 2. The first kappa shape index (κ1) is 25.9. The minimum atomic E-state index is -0.0665. The van der Waals surface area contributed by atoms with Crippen LogP contribution in [-0.4, -0.2) is 0 Å². The van der Waals surface area contributed by atoms with E-state index in [-0.39, 0.29) is 5.41 Å². The minimum Gasteiger partial charge on any atom is -0.455 e. The summed E-state index contributed by atoms with van der Waals surface area (Å²) in [5.74, 6) is 0. The molecule has 2 heteroatoms. The second kappa shape index (κ2) is 9.70. The lowest BCUT2D eigenvalue weighted by Gasteiger charge is -2.28. The summed E-state index contributed by atoms with van der Waals surface area (Å²) in [6, 6.07) is 54.6. The molecule has 0 radical (unpaired) electrons. The molecule has 1 aliphatic rings. The standard InChI is InChI=1S/C43H31NO/c1-43(2)38-18-10-8-16-34(38)35-25-24-32(27-39(35)43)44(30-13-4-3-5-14-30)31-22-20-28(21-23-31)37-26-29-12-6-7-15-33(29)42-41(37)36-17-9-11-19-40(36)45-42/h3-27H,1-2H3. The number of rotatable bonds is 4. The summed E-state index contributed by atoms with van der Waals surface area (Å²) >= 11 is 0. The number of fused-ring (bicyclic) bond motifs is 8. The van der Waals surface area contributed by atoms with Gasteiger partial charge in [-0.3, -0.25) is 0 Å². The normalized spacial score (nSPS) is 13.3. The summed E-state index contributed by atoms with van der Waals surface area (Å²) in [5.41, 5.74) is 13.0. The highest BCUT2D eigenvalue weighted by Crippen LogP contribution is 2.50. The van der Waals surface area contributed by atoms with Crippen LogP contribution in [0, 0.1) is 0 Å². The molecule has 2 nitrogen and oxygen atoms in total. The number of benzene rings is 7. The number of furan rings is 1. The van der Waals surface area contributed by atoms with Gasteiger partial charge in [-0.05, 0) is 87.3 Å². The molecule has 0 saturated carbocycles. The summed E-state index contributed by atoms with van der Waals surface area (Å²) < 4.78 is 6.47. The molecule has 0 aliphatic heterocycles. The Morgan fingerprint density at radius 2 is 1.13 bits per heavy atom. The molecule has 7 aromatic carbocycles. The Balaban J connectivity index is 1.20. The van der Waals surface area contributed by atoms with Crippen molar-refractivity contribution in [1.29, 1.82) is 0 Å². The second-order valence-electron chi connectivity index (χ2n) is 12.6. The molecular weight excluding hydrogens is 546 g/mol. The van der Waals surface area contributed by atoms with Crippen LogP contribution in [0.5, 0.6) is 0 Å². The zero-order valence-electron chi connectivity index (χ0n) is 25.3. The summed E-state index contributed by atoms with van der Waals surface area (Å²) in [6.45, 7) is 4.68. The van der Waals surface area contributed by atoms with Gasteiger partial charge in [-0.15, -0.1) is 0 Å². The van der Waals surface area contributed by atoms with E-state index in [0.717, 1.165) is 44.4 Å². The maximum absolute atomic E-state index is 6.47. The van der Waals surface area contributed by atoms with E-state index >= 15 is 0 Å². The molecule has 1 aliphatic carbocycles. The molecule has 0 saturated heterocycles. The molecule has 1 heterocycles. The third-order valence-electron chi connectivity index (χ3n) is 9.65. The summed E-state index contributed by atoms with van der Waals surface area (Å²) in [5, 5.41) is 4.62. The maximum atomic E-state index is 6.47. The predicted octanol–water partition coefficient (Wildman–Crippen LogP) is 12.2. The van der Waals surface area contributed by atoms with Gasteiger partial charge in [0, 0.05) is 38.6 Å². The molecule has 9 rings (SSSR count). The van der Waals surface area contributed by atoms with Crippen LogP contribution in [0.2, 0.25) is 0 Å². The van der Waals surface area contributed by atoms with E-state index in [1.54, 1.807) is 0 Å². The van der Waals surface area contributed by atoms with E-state index in [1.807, 2.05) is 6.07 Å². The van der Waals surface area contributed by atoms with Crippen LogP contribution < -0.4 is 4.90 Å². The molecule has 0 bridgehead atoms. The van der Waals surface area contributed by atoms with Gasteiger partial charge in [0.05, 0.1) is 0 Å². The van der Waals surface area contributed by atoms with Crippen molar-refractivity contribution in [2.24, 2.45) is 0 Å². The molecule has 0 amide bonds. The van der Waals surface area contributed by atoms with Crippen molar-refractivity contribution in [3.05, 3.63) is 163 Å². The highest BCUT2D eigenvalue weighted by Gasteiger charge is 2.35. The lowest BCUT2D eigenvalue weighted by molar-refractivity contribution is 0.660. The second-order valence-corrected chi connectivity index (χ2v) is 12.6. The Labute approximate surface area is 262 Å². The fourth-order valence-electron chi connectivity index (χ4n) is 7.43. The first-order valence-electron chi connectivity index (χ1n) is 15.6. The highest BCUT2D eigenvalue weighted by atomic mass is 16.3. The SMILES string of the molecule is CC1(C)c2ccccc2-c2ccc(N(c3ccccc3)c3ccc(-c4cc5ccccc5c5oc6ccccc6c45)cc3)cc21. The average molecular weight is 578 g/mol. The quantitative estimate of drug-likeness (QED) is 0.207. The van der Waals surface area contributed by atoms with Crippen LogP contribution in [0.4, 0.5) is 17.1 Å². The van der Waals surface area contributed by atoms with Crippen molar-refractivity contribution in [2.75, 3.05) is 4.90 Å². The van der Waals surface area contributed by atoms with E-state index in [1.165, 1.54) is 38.8 Å². The third-order valence-corrected chi connectivity index (χ3v) is 9.65. The van der Waals surface area contributed by atoms with Gasteiger partial charge in [0.15, 0.2) is 0 Å². The van der Waals surface area contributed by atoms with Crippen molar-refractivity contribution in [2.45, 2.75) is 19.3 Å². The summed E-state index contributed by atoms with van der Waals surface area (Å²) in [7, 11) is 0. The lowest BCUT2D eigenvalue weighted by atomic mass is 9.82. The molecular formula is C43H31NO. The van der Waals surface area contributed by atoms with Gasteiger partial charge in [-0.2, -0.15) is 0 Å². The molecule has 0 spiro atoms. The van der Waals surface area contributed by atoms with Gasteiger partial charge in [-0.1, -0.05) is 117 Å². The number of anilines is 3. The van der Waals surface area contributed by atoms with Gasteiger partial charge in [0.1, 0.15) is 11.2 Å². The van der Waals surface area contributed by atoms with Crippen molar-refractivity contribution >= 4 is 49.8 Å². The van der Waals surface area contributed by atoms with Gasteiger partial charge >= 0.3 is 0 Å². The first-order valence-corrected chi connectivity index (χ1v) is 15.6. The minimum absolute atomic E-state index is 0.0665. The van der Waals surface area contributed by atoms with Gasteiger partial charge in [-0.25, -0.2) is 0 Å². The molecule has 45 heavy (non-hydrogen) atoms. The van der Waals surface area contributed by atoms with Gasteiger partial charge < -0.3 is 9.32 Å². The van der Waals surface area contributed by atoms with Crippen molar-refractivity contribution < 1.29 is 4.42 Å². The lowest BCUT2D eigenvalue weighted by Crippen LogP contribution is -2.16. The number of hydrogen-bond donors (Lipinski definition) is 0. The monoisotopic (exact) mass is 577 g/mol. The van der Waals surface area contributed by atoms with Crippen LogP contribution in [-0.2, 0) is 5.41 Å². The van der Waals surface area contributed by atoms with Gasteiger partial charge in [0.25, 0.3) is 0 Å². The Kier molecular flexibility index (Phi) is 5.58. The van der Waals surface area contributed by atoms with Crippen LogP contribution in [0.3, 0.4) is 0 Å². The smallest absolute Gasteiger partial charge is 0.143 e. The Morgan fingerprint density at radius 3 is 1.98 bits per heavy atom. The van der Waals surface area contributed by atoms with Crippen molar-refractivity contribution in [3.63, 3.8) is 0 Å². The molecule has 0 fully saturated rings. The average Bonchev–Trinajstić information content (AvgIpc) is 3.59. The van der Waals surface area contributed by atoms with Crippen molar-refractivity contribution in [1.82, 2.24) is 0 Å². The van der Waals surface area contributed by atoms with Crippen LogP contribution >= 0.6 is 0 Å². The van der Waals surface area contributed by atoms with Crippen LogP contribution in [0.25, 0.3) is 55.0 Å². The van der Waals surface area contributed by atoms with E-state index in [2.05, 4.69) is 164 Å². The highest BCUT2D eigenvalue weighted by molar-refractivity contribution is 6.21. The zero-order chi connectivity index (χ0) is 30.1. The molecule has 0 unspecified atom stereocenters. The Morgan fingerprint density at radius 1 is 0.489 bits per heavy atom. The Bertz CT molecular complexity index is 2400. The van der Waals surface area contributed by atoms with Crippen LogP contribution in [0.15, 0.2) is 156 Å². The third kappa shape index (κ3) is 3.89. The molecule has 0 atom stereocenters. The topological polar surface area (TPSA) is 16.4 Å². The largest absolute Gasteiger partial charge is 0.455 e. The van der Waals surface area contributed by atoms with E-state index in [9.17, 15) is 0 Å². The number of nitrogens with zero attached hydrogens (tertiary/aromatic N) is 1. The summed E-state index contributed by atoms with van der Waals surface area (Å²) in [6.07, 6.45) is 0. The molecule has 0 N–H and O–H groups in total. The first-order chi connectivity index (χ1) is 22.1. The van der Waals surface area contributed by atoms with Crippen molar-refractivity contribution in [3.8, 4) is 22.3 Å². The zero-order valence-corrected chi connectivity index (χ0v) is 25.3. The van der Waals surface area contributed by atoms with Gasteiger partial charge in [0.2, 0.25) is 0 Å². The summed E-state index contributed by atoms with van der Waals surface area (Å²) in [4.78, 5) is 2.37. The molecule has 1 aromatic heterocycles. The Hall–Kier alpha value is -5.60. The fourth-order valence-corrected chi connectivity index (χ4v) is 7.43. The van der Waals surface area contributed by atoms with E-state index < -0.39 is 0 Å². The van der Waals surface area contributed by atoms with E-state index in [4.69, 9.17) is 4.42 Å².